The van der Waals surface area contributed by atoms with Crippen LogP contribution in [0.25, 0.3) is 11.0 Å². The summed E-state index contributed by atoms with van der Waals surface area (Å²) in [4.78, 5) is 24.5. The molecule has 4 rings (SSSR count). The summed E-state index contributed by atoms with van der Waals surface area (Å²) < 4.78 is 43.2. The van der Waals surface area contributed by atoms with E-state index in [9.17, 15) is 18.0 Å². The van der Waals surface area contributed by atoms with E-state index in [2.05, 4.69) is 0 Å². The predicted molar refractivity (Wildman–Crippen MR) is 131 cm³/mol. The average molecular weight is 494 g/mol. The van der Waals surface area contributed by atoms with Crippen molar-refractivity contribution in [3.63, 3.8) is 0 Å². The third-order valence-electron chi connectivity index (χ3n) is 5.52. The molecule has 0 aliphatic heterocycles. The minimum Gasteiger partial charge on any atom is -0.495 e. The highest BCUT2D eigenvalue weighted by molar-refractivity contribution is 7.92. The zero-order valence-electron chi connectivity index (χ0n) is 19.3. The van der Waals surface area contributed by atoms with Crippen LogP contribution in [0.3, 0.4) is 0 Å². The topological polar surface area (TPSA) is 103 Å². The van der Waals surface area contributed by atoms with E-state index < -0.39 is 21.6 Å². The van der Waals surface area contributed by atoms with Gasteiger partial charge in [0.1, 0.15) is 17.9 Å². The fourth-order valence-electron chi connectivity index (χ4n) is 3.62. The number of fused-ring (bicyclic) bond motifs is 1. The Kier molecular flexibility index (Phi) is 6.61. The number of hydrogen-bond acceptors (Lipinski definition) is 7. The van der Waals surface area contributed by atoms with E-state index in [1.54, 1.807) is 36.4 Å². The monoisotopic (exact) mass is 493 g/mol. The Morgan fingerprint density at radius 3 is 2.43 bits per heavy atom. The first-order valence-electron chi connectivity index (χ1n) is 10.6. The van der Waals surface area contributed by atoms with Gasteiger partial charge in [0.25, 0.3) is 10.0 Å². The number of carbonyl (C=O) groups excluding carboxylic acids is 1. The van der Waals surface area contributed by atoms with Gasteiger partial charge >= 0.3 is 11.6 Å². The van der Waals surface area contributed by atoms with E-state index >= 15 is 0 Å². The summed E-state index contributed by atoms with van der Waals surface area (Å²) in [5.41, 5.74) is 1.88. The molecule has 0 bridgehead atoms. The largest absolute Gasteiger partial charge is 0.495 e. The summed E-state index contributed by atoms with van der Waals surface area (Å²) >= 11 is 0. The second-order valence-corrected chi connectivity index (χ2v) is 9.80. The molecule has 0 spiro atoms. The Morgan fingerprint density at radius 2 is 1.71 bits per heavy atom. The molecule has 0 atom stereocenters. The molecule has 0 unspecified atom stereocenters. The Balaban J connectivity index is 1.52. The summed E-state index contributed by atoms with van der Waals surface area (Å²) in [5.74, 6) is -0.239. The zero-order chi connectivity index (χ0) is 25.2. The van der Waals surface area contributed by atoms with Gasteiger partial charge in [-0.3, -0.25) is 4.31 Å². The molecule has 0 amide bonds. The third-order valence-corrected chi connectivity index (χ3v) is 7.30. The molecule has 3 aromatic carbocycles. The van der Waals surface area contributed by atoms with Gasteiger partial charge in [-0.25, -0.2) is 18.0 Å². The third kappa shape index (κ3) is 4.90. The van der Waals surface area contributed by atoms with Gasteiger partial charge in [-0.2, -0.15) is 0 Å². The van der Waals surface area contributed by atoms with Crippen LogP contribution in [-0.2, 0) is 21.4 Å². The number of carbonyl (C=O) groups is 1. The van der Waals surface area contributed by atoms with E-state index in [-0.39, 0.29) is 17.1 Å². The van der Waals surface area contributed by atoms with Gasteiger partial charge < -0.3 is 13.9 Å². The maximum absolute atomic E-state index is 13.1. The minimum absolute atomic E-state index is 0.00416. The Hall–Kier alpha value is -4.11. The first kappa shape index (κ1) is 24.0. The first-order valence-corrected chi connectivity index (χ1v) is 12.1. The summed E-state index contributed by atoms with van der Waals surface area (Å²) in [6.07, 6.45) is 0. The van der Waals surface area contributed by atoms with Crippen LogP contribution in [0.5, 0.6) is 5.75 Å². The maximum Gasteiger partial charge on any atom is 0.338 e. The number of rotatable bonds is 7. The molecule has 8 nitrogen and oxygen atoms in total. The molecule has 1 heterocycles. The number of anilines is 1. The van der Waals surface area contributed by atoms with Gasteiger partial charge in [0.15, 0.2) is 0 Å². The molecular weight excluding hydrogens is 470 g/mol. The number of aryl methyl sites for hydroxylation is 1. The van der Waals surface area contributed by atoms with Crippen LogP contribution in [0.4, 0.5) is 5.69 Å². The van der Waals surface area contributed by atoms with Crippen molar-refractivity contribution >= 4 is 32.6 Å². The summed E-state index contributed by atoms with van der Waals surface area (Å²) in [7, 11) is -1.01. The Labute approximate surface area is 202 Å². The molecule has 35 heavy (non-hydrogen) atoms. The highest BCUT2D eigenvalue weighted by Gasteiger charge is 2.24. The molecule has 0 aliphatic carbocycles. The van der Waals surface area contributed by atoms with Crippen molar-refractivity contribution in [1.82, 2.24) is 0 Å². The first-order chi connectivity index (χ1) is 16.7. The number of esters is 1. The summed E-state index contributed by atoms with van der Waals surface area (Å²) in [6, 6.07) is 18.9. The van der Waals surface area contributed by atoms with E-state index in [0.29, 0.717) is 28.0 Å². The van der Waals surface area contributed by atoms with Crippen molar-refractivity contribution in [3.8, 4) is 5.75 Å². The van der Waals surface area contributed by atoms with Gasteiger partial charge in [-0.05, 0) is 55.0 Å². The van der Waals surface area contributed by atoms with Gasteiger partial charge in [-0.15, -0.1) is 0 Å². The Morgan fingerprint density at radius 1 is 1.00 bits per heavy atom. The SMILES string of the molecule is COc1ccccc1N(C)S(=O)(=O)c1ccc(C(=O)OCc2cc(=O)oc3cc(C)ccc23)cc1. The molecule has 0 radical (unpaired) electrons. The molecule has 0 saturated heterocycles. The van der Waals surface area contributed by atoms with Crippen molar-refractivity contribution in [2.24, 2.45) is 0 Å². The van der Waals surface area contributed by atoms with Crippen LogP contribution < -0.4 is 14.7 Å². The number of para-hydroxylation sites is 2. The molecule has 1 aromatic heterocycles. The second-order valence-electron chi connectivity index (χ2n) is 7.84. The van der Waals surface area contributed by atoms with Crippen molar-refractivity contribution in [2.75, 3.05) is 18.5 Å². The smallest absolute Gasteiger partial charge is 0.338 e. The van der Waals surface area contributed by atoms with E-state index in [1.165, 1.54) is 44.5 Å². The molecule has 9 heteroatoms. The van der Waals surface area contributed by atoms with Crippen molar-refractivity contribution in [1.29, 1.82) is 0 Å². The maximum atomic E-state index is 13.1. The molecule has 180 valence electrons. The lowest BCUT2D eigenvalue weighted by Gasteiger charge is -2.21. The Bertz CT molecular complexity index is 1560. The van der Waals surface area contributed by atoms with Crippen LogP contribution in [0.15, 0.2) is 86.9 Å². The lowest BCUT2D eigenvalue weighted by atomic mass is 10.1. The number of methoxy groups -OCH3 is 1. The lowest BCUT2D eigenvalue weighted by molar-refractivity contribution is 0.0473. The van der Waals surface area contributed by atoms with E-state index in [0.717, 1.165) is 9.87 Å². The van der Waals surface area contributed by atoms with Crippen molar-refractivity contribution in [2.45, 2.75) is 18.4 Å². The van der Waals surface area contributed by atoms with Crippen molar-refractivity contribution in [3.05, 3.63) is 99.9 Å². The van der Waals surface area contributed by atoms with Crippen LogP contribution >= 0.6 is 0 Å². The van der Waals surface area contributed by atoms with Crippen molar-refractivity contribution < 1.29 is 27.1 Å². The zero-order valence-corrected chi connectivity index (χ0v) is 20.2. The number of ether oxygens (including phenoxy) is 2. The van der Waals surface area contributed by atoms with Crippen LogP contribution in [0, 0.1) is 6.92 Å². The van der Waals surface area contributed by atoms with Crippen LogP contribution in [0.2, 0.25) is 0 Å². The average Bonchev–Trinajstić information content (AvgIpc) is 2.86. The van der Waals surface area contributed by atoms with Crippen LogP contribution in [-0.4, -0.2) is 28.5 Å². The molecule has 0 saturated carbocycles. The molecule has 4 aromatic rings. The van der Waals surface area contributed by atoms with Crippen LogP contribution in [0.1, 0.15) is 21.5 Å². The fourth-order valence-corrected chi connectivity index (χ4v) is 4.83. The number of sulfonamides is 1. The highest BCUT2D eigenvalue weighted by atomic mass is 32.2. The number of hydrogen-bond donors (Lipinski definition) is 0. The van der Waals surface area contributed by atoms with Gasteiger partial charge in [-0.1, -0.05) is 24.3 Å². The predicted octanol–water partition coefficient (Wildman–Crippen LogP) is 4.29. The summed E-state index contributed by atoms with van der Waals surface area (Å²) in [5, 5.41) is 0.670. The van der Waals surface area contributed by atoms with Gasteiger partial charge in [0.2, 0.25) is 0 Å². The fraction of sp³-hybridized carbons (Fsp3) is 0.154. The van der Waals surface area contributed by atoms with E-state index in [1.807, 2.05) is 13.0 Å². The summed E-state index contributed by atoms with van der Waals surface area (Å²) in [6.45, 7) is 1.74. The molecule has 0 N–H and O–H groups in total. The normalized spacial score (nSPS) is 11.3. The molecule has 0 fully saturated rings. The van der Waals surface area contributed by atoms with E-state index in [4.69, 9.17) is 13.9 Å². The quantitative estimate of drug-likeness (QED) is 0.279. The standard InChI is InChI=1S/C26H23NO7S/c1-17-8-13-21-19(15-25(28)34-24(21)14-17)16-33-26(29)18-9-11-20(12-10-18)35(30,31)27(2)22-6-4-5-7-23(22)32-3/h4-15H,16H2,1-3H3. The highest BCUT2D eigenvalue weighted by Crippen LogP contribution is 2.31. The number of benzene rings is 3. The number of nitrogens with zero attached hydrogens (tertiary/aromatic N) is 1. The minimum atomic E-state index is -3.90. The molecule has 0 aliphatic rings. The molecular formula is C26H23NO7S. The van der Waals surface area contributed by atoms with Gasteiger partial charge in [0, 0.05) is 24.1 Å². The lowest BCUT2D eigenvalue weighted by Crippen LogP contribution is -2.27. The second kappa shape index (κ2) is 9.63. The van der Waals surface area contributed by atoms with Gasteiger partial charge in [0.05, 0.1) is 23.3 Å².